The van der Waals surface area contributed by atoms with E-state index in [9.17, 15) is 43.2 Å². The van der Waals surface area contributed by atoms with Gasteiger partial charge in [0.25, 0.3) is 0 Å². The van der Waals surface area contributed by atoms with Crippen molar-refractivity contribution in [2.24, 2.45) is 23.7 Å². The van der Waals surface area contributed by atoms with Crippen LogP contribution in [0.3, 0.4) is 0 Å². The molecule has 0 saturated carbocycles. The van der Waals surface area contributed by atoms with Gasteiger partial charge in [0.2, 0.25) is 0 Å². The van der Waals surface area contributed by atoms with Gasteiger partial charge in [-0.25, -0.2) is 9.13 Å². The van der Waals surface area contributed by atoms with E-state index in [1.54, 1.807) is 0 Å². The summed E-state index contributed by atoms with van der Waals surface area (Å²) >= 11 is 0. The smallest absolute Gasteiger partial charge is 0.462 e. The lowest BCUT2D eigenvalue weighted by molar-refractivity contribution is -0.161. The quantitative estimate of drug-likeness (QED) is 0.0222. The van der Waals surface area contributed by atoms with E-state index in [1.807, 2.05) is 0 Å². The molecule has 0 spiro atoms. The summed E-state index contributed by atoms with van der Waals surface area (Å²) in [5.41, 5.74) is 0. The fourth-order valence-corrected chi connectivity index (χ4v) is 13.4. The number of phosphoric ester groups is 2. The monoisotopic (exact) mass is 1420 g/mol. The van der Waals surface area contributed by atoms with Gasteiger partial charge in [0.1, 0.15) is 19.3 Å². The predicted octanol–water partition coefficient (Wildman–Crippen LogP) is 22.8. The molecule has 0 saturated heterocycles. The Bertz CT molecular complexity index is 1910. The normalized spacial score (nSPS) is 14.6. The lowest BCUT2D eigenvalue weighted by Gasteiger charge is -2.21. The Kier molecular flexibility index (Phi) is 65.9. The molecule has 0 fully saturated rings. The number of carbonyl (C=O) groups excluding carboxylic acids is 4. The second-order valence-electron chi connectivity index (χ2n) is 29.5. The van der Waals surface area contributed by atoms with Crippen molar-refractivity contribution in [3.8, 4) is 0 Å². The topological polar surface area (TPSA) is 237 Å². The molecule has 0 radical (unpaired) electrons. The summed E-state index contributed by atoms with van der Waals surface area (Å²) in [4.78, 5) is 72.9. The number of aliphatic hydroxyl groups excluding tert-OH is 1. The number of esters is 4. The van der Waals surface area contributed by atoms with E-state index in [1.165, 1.54) is 199 Å². The summed E-state index contributed by atoms with van der Waals surface area (Å²) in [6.07, 6.45) is 52.8. The van der Waals surface area contributed by atoms with Gasteiger partial charge < -0.3 is 33.8 Å². The van der Waals surface area contributed by atoms with Gasteiger partial charge in [0, 0.05) is 25.7 Å². The van der Waals surface area contributed by atoms with E-state index in [0.717, 1.165) is 114 Å². The minimum absolute atomic E-state index is 0.102. The highest BCUT2D eigenvalue weighted by Gasteiger charge is 2.30. The molecule has 3 N–H and O–H groups in total. The first kappa shape index (κ1) is 95.1. The first-order valence-corrected chi connectivity index (χ1v) is 43.3. The van der Waals surface area contributed by atoms with Crippen molar-refractivity contribution in [3.63, 3.8) is 0 Å². The third-order valence-corrected chi connectivity index (χ3v) is 20.7. The summed E-state index contributed by atoms with van der Waals surface area (Å²) in [5.74, 6) is 0.977. The van der Waals surface area contributed by atoms with E-state index < -0.39 is 97.5 Å². The van der Waals surface area contributed by atoms with Crippen molar-refractivity contribution in [2.75, 3.05) is 39.6 Å². The van der Waals surface area contributed by atoms with Crippen molar-refractivity contribution in [1.29, 1.82) is 0 Å². The fourth-order valence-electron chi connectivity index (χ4n) is 11.8. The Hall–Kier alpha value is -1.94. The Balaban J connectivity index is 5.23. The molecule has 0 aromatic heterocycles. The summed E-state index contributed by atoms with van der Waals surface area (Å²) in [6.45, 7) is 14.2. The summed E-state index contributed by atoms with van der Waals surface area (Å²) in [7, 11) is -9.92. The lowest BCUT2D eigenvalue weighted by Crippen LogP contribution is -2.30. The largest absolute Gasteiger partial charge is 0.472 e. The minimum atomic E-state index is -4.96. The Labute approximate surface area is 594 Å². The van der Waals surface area contributed by atoms with Crippen molar-refractivity contribution in [3.05, 3.63) is 0 Å². The number of rotatable bonds is 75. The zero-order valence-corrected chi connectivity index (χ0v) is 65.5. The van der Waals surface area contributed by atoms with Crippen molar-refractivity contribution in [2.45, 2.75) is 414 Å². The molecule has 0 aromatic rings. The van der Waals surface area contributed by atoms with Crippen LogP contribution >= 0.6 is 15.6 Å². The van der Waals surface area contributed by atoms with Crippen LogP contribution in [-0.4, -0.2) is 96.7 Å². The van der Waals surface area contributed by atoms with Gasteiger partial charge in [-0.15, -0.1) is 0 Å². The highest BCUT2D eigenvalue weighted by molar-refractivity contribution is 7.47. The maximum Gasteiger partial charge on any atom is 0.472 e. The van der Waals surface area contributed by atoms with E-state index >= 15 is 0 Å². The van der Waals surface area contributed by atoms with Crippen LogP contribution in [0, 0.1) is 23.7 Å². The van der Waals surface area contributed by atoms with Crippen LogP contribution in [-0.2, 0) is 65.4 Å². The van der Waals surface area contributed by atoms with Crippen molar-refractivity contribution >= 4 is 39.5 Å². The maximum atomic E-state index is 13.1. The van der Waals surface area contributed by atoms with Gasteiger partial charge in [0.15, 0.2) is 12.2 Å². The predicted molar refractivity (Wildman–Crippen MR) is 395 cm³/mol. The van der Waals surface area contributed by atoms with Crippen LogP contribution in [0.1, 0.15) is 396 Å². The van der Waals surface area contributed by atoms with Crippen LogP contribution in [0.5, 0.6) is 0 Å². The number of ether oxygens (including phenoxy) is 4. The first-order valence-electron chi connectivity index (χ1n) is 40.3. The van der Waals surface area contributed by atoms with Crippen molar-refractivity contribution in [1.82, 2.24) is 0 Å². The average molecular weight is 1420 g/mol. The molecule has 0 aliphatic rings. The Morgan fingerprint density at radius 3 is 0.732 bits per heavy atom. The third-order valence-electron chi connectivity index (χ3n) is 18.8. The van der Waals surface area contributed by atoms with E-state index in [0.29, 0.717) is 25.7 Å². The summed E-state index contributed by atoms with van der Waals surface area (Å²) in [6, 6.07) is 0. The minimum Gasteiger partial charge on any atom is -0.462 e. The van der Waals surface area contributed by atoms with Crippen LogP contribution in [0.4, 0.5) is 0 Å². The van der Waals surface area contributed by atoms with Crippen molar-refractivity contribution < 1.29 is 80.2 Å². The maximum absolute atomic E-state index is 13.1. The molecule has 0 bridgehead atoms. The molecule has 0 rings (SSSR count). The first-order chi connectivity index (χ1) is 46.7. The molecule has 0 aromatic carbocycles. The third kappa shape index (κ3) is 69.5. The molecular formula is C78H152O17P2. The molecule has 5 unspecified atom stereocenters. The van der Waals surface area contributed by atoms with Crippen LogP contribution < -0.4 is 0 Å². The molecule has 0 aliphatic heterocycles. The van der Waals surface area contributed by atoms with E-state index in [4.69, 9.17) is 37.0 Å². The molecule has 0 aliphatic carbocycles. The number of hydrogen-bond acceptors (Lipinski definition) is 15. The number of unbranched alkanes of at least 4 members (excludes halogenated alkanes) is 39. The number of hydrogen-bond donors (Lipinski definition) is 3. The molecule has 576 valence electrons. The molecule has 0 amide bonds. The molecule has 17 nitrogen and oxygen atoms in total. The molecule has 0 heterocycles. The van der Waals surface area contributed by atoms with Gasteiger partial charge in [-0.2, -0.15) is 0 Å². The Morgan fingerprint density at radius 1 is 0.289 bits per heavy atom. The average Bonchev–Trinajstić information content (AvgIpc) is 3.41. The molecular weight excluding hydrogens is 1270 g/mol. The van der Waals surface area contributed by atoms with Gasteiger partial charge in [-0.1, -0.05) is 344 Å². The zero-order valence-electron chi connectivity index (χ0n) is 63.7. The zero-order chi connectivity index (χ0) is 71.7. The van der Waals surface area contributed by atoms with E-state index in [-0.39, 0.29) is 25.7 Å². The highest BCUT2D eigenvalue weighted by atomic mass is 31.2. The molecule has 19 heteroatoms. The lowest BCUT2D eigenvalue weighted by atomic mass is 9.99. The second kappa shape index (κ2) is 67.2. The van der Waals surface area contributed by atoms with Crippen LogP contribution in [0.15, 0.2) is 0 Å². The van der Waals surface area contributed by atoms with Gasteiger partial charge in [-0.05, 0) is 49.4 Å². The van der Waals surface area contributed by atoms with Gasteiger partial charge in [-0.3, -0.25) is 37.3 Å². The Morgan fingerprint density at radius 2 is 0.495 bits per heavy atom. The highest BCUT2D eigenvalue weighted by Crippen LogP contribution is 2.45. The molecule has 97 heavy (non-hydrogen) atoms. The summed E-state index contributed by atoms with van der Waals surface area (Å²) < 4.78 is 68.6. The fraction of sp³-hybridized carbons (Fsp3) is 0.949. The van der Waals surface area contributed by atoms with Gasteiger partial charge >= 0.3 is 39.5 Å². The van der Waals surface area contributed by atoms with Crippen LogP contribution in [0.25, 0.3) is 0 Å². The van der Waals surface area contributed by atoms with Gasteiger partial charge in [0.05, 0.1) is 26.4 Å². The van der Waals surface area contributed by atoms with Crippen LogP contribution in [0.2, 0.25) is 0 Å². The second-order valence-corrected chi connectivity index (χ2v) is 32.4. The standard InChI is InChI=1S/C78H152O17P2/c1-9-70(7)56-48-40-32-25-21-17-14-15-19-23-27-35-44-52-60-77(82)94-73(64-88-75(80)58-50-42-33-26-22-18-13-11-12-16-20-24-30-38-46-54-68(3)4)66-92-96(84,85)90-62-72(79)63-91-97(86,87)93-67-74(95-78(83)61-53-45-37-36-41-49-57-71(8)10-2)65-89-76(81)59-51-43-34-29-28-31-39-47-55-69(5)6/h68-74,79H,9-67H2,1-8H3,(H,84,85)(H,86,87)/t70?,71?,72?,73-,74-/m1/s1. The number of phosphoric acid groups is 2. The SMILES string of the molecule is CCC(C)CCCCCCCCCCCCCCCCC(=O)O[C@H](COC(=O)CCCCCCCCCCCCCCCCCC(C)C)COP(=O)(O)OCC(O)COP(=O)(O)OC[C@@H](COC(=O)CCCCCCCCCCC(C)C)OC(=O)CCCCCCCCC(C)CC. The number of carbonyl (C=O) groups is 4. The molecule has 7 atom stereocenters. The number of aliphatic hydroxyl groups is 1. The summed E-state index contributed by atoms with van der Waals surface area (Å²) in [5, 5.41) is 10.6. The van der Waals surface area contributed by atoms with E-state index in [2.05, 4.69) is 55.4 Å².